The molecule has 14 heavy (non-hydrogen) atoms. The van der Waals surface area contributed by atoms with E-state index >= 15 is 0 Å². The smallest absolute Gasteiger partial charge is 0.0996 e. The molecule has 4 heteroatoms. The fraction of sp³-hybridized carbons (Fsp3) is 0.100. The summed E-state index contributed by atoms with van der Waals surface area (Å²) in [5.74, 6) is 0. The van der Waals surface area contributed by atoms with Crippen LogP contribution in [0.3, 0.4) is 0 Å². The van der Waals surface area contributed by atoms with Crippen LogP contribution >= 0.6 is 0 Å². The summed E-state index contributed by atoms with van der Waals surface area (Å²) in [6, 6.07) is 7.46. The maximum atomic E-state index is 8.85. The number of aliphatic hydroxyl groups is 1. The van der Waals surface area contributed by atoms with Crippen LogP contribution < -0.4 is 5.73 Å². The van der Waals surface area contributed by atoms with Crippen molar-refractivity contribution in [3.8, 4) is 5.69 Å². The molecule has 2 rings (SSSR count). The van der Waals surface area contributed by atoms with E-state index in [2.05, 4.69) is 4.98 Å². The van der Waals surface area contributed by atoms with Crippen LogP contribution in [-0.4, -0.2) is 14.7 Å². The van der Waals surface area contributed by atoms with E-state index in [1.54, 1.807) is 12.5 Å². The molecule has 3 N–H and O–H groups in total. The van der Waals surface area contributed by atoms with Crippen molar-refractivity contribution in [1.82, 2.24) is 9.55 Å². The number of imidazole rings is 1. The first kappa shape index (κ1) is 8.77. The normalized spacial score (nSPS) is 10.4. The second-order valence-corrected chi connectivity index (χ2v) is 3.02. The van der Waals surface area contributed by atoms with E-state index in [9.17, 15) is 0 Å². The van der Waals surface area contributed by atoms with Gasteiger partial charge in [0.1, 0.15) is 0 Å². The molecule has 0 aliphatic rings. The first-order chi connectivity index (χ1) is 6.79. The molecule has 1 heterocycles. The molecule has 2 aromatic rings. The van der Waals surface area contributed by atoms with E-state index in [0.29, 0.717) is 5.69 Å². The molecule has 0 saturated carbocycles. The summed E-state index contributed by atoms with van der Waals surface area (Å²) in [5.41, 5.74) is 7.94. The lowest BCUT2D eigenvalue weighted by atomic mass is 10.3. The Hall–Kier alpha value is -1.81. The minimum absolute atomic E-state index is 0.0397. The van der Waals surface area contributed by atoms with Crippen molar-refractivity contribution in [2.24, 2.45) is 0 Å². The Morgan fingerprint density at radius 2 is 2.00 bits per heavy atom. The fourth-order valence-corrected chi connectivity index (χ4v) is 1.23. The van der Waals surface area contributed by atoms with Crippen molar-refractivity contribution in [1.29, 1.82) is 0 Å². The van der Waals surface area contributed by atoms with Crippen LogP contribution in [0.1, 0.15) is 5.69 Å². The van der Waals surface area contributed by atoms with Gasteiger partial charge in [0.05, 0.1) is 18.6 Å². The van der Waals surface area contributed by atoms with Gasteiger partial charge in [0.2, 0.25) is 0 Å². The molecule has 0 aliphatic heterocycles. The number of aromatic nitrogens is 2. The van der Waals surface area contributed by atoms with Crippen molar-refractivity contribution in [3.63, 3.8) is 0 Å². The lowest BCUT2D eigenvalue weighted by Crippen LogP contribution is -1.91. The van der Waals surface area contributed by atoms with Crippen molar-refractivity contribution < 1.29 is 5.11 Å². The second kappa shape index (κ2) is 3.51. The molecule has 1 aromatic heterocycles. The number of nitrogen functional groups attached to an aromatic ring is 1. The lowest BCUT2D eigenvalue weighted by Gasteiger charge is -2.01. The minimum Gasteiger partial charge on any atom is -0.399 e. The molecule has 0 amide bonds. The zero-order valence-corrected chi connectivity index (χ0v) is 7.59. The highest BCUT2D eigenvalue weighted by Crippen LogP contribution is 2.11. The number of nitrogens with zero attached hydrogens (tertiary/aromatic N) is 2. The van der Waals surface area contributed by atoms with Gasteiger partial charge in [-0.15, -0.1) is 0 Å². The Morgan fingerprint density at radius 3 is 2.57 bits per heavy atom. The summed E-state index contributed by atoms with van der Waals surface area (Å²) in [4.78, 5) is 4.02. The zero-order chi connectivity index (χ0) is 9.97. The summed E-state index contributed by atoms with van der Waals surface area (Å²) in [7, 11) is 0. The van der Waals surface area contributed by atoms with E-state index in [0.717, 1.165) is 11.4 Å². The van der Waals surface area contributed by atoms with E-state index in [1.165, 1.54) is 0 Å². The second-order valence-electron chi connectivity index (χ2n) is 3.02. The molecule has 4 nitrogen and oxygen atoms in total. The van der Waals surface area contributed by atoms with E-state index in [4.69, 9.17) is 10.8 Å². The van der Waals surface area contributed by atoms with Gasteiger partial charge >= 0.3 is 0 Å². The Bertz CT molecular complexity index is 419. The third kappa shape index (κ3) is 1.60. The van der Waals surface area contributed by atoms with Gasteiger partial charge in [-0.3, -0.25) is 0 Å². The van der Waals surface area contributed by atoms with Crippen LogP contribution in [-0.2, 0) is 6.61 Å². The molecule has 0 unspecified atom stereocenters. The number of hydrogen-bond acceptors (Lipinski definition) is 3. The van der Waals surface area contributed by atoms with Crippen LogP contribution in [0.2, 0.25) is 0 Å². The van der Waals surface area contributed by atoms with Gasteiger partial charge in [0.15, 0.2) is 0 Å². The zero-order valence-electron chi connectivity index (χ0n) is 7.59. The molecular weight excluding hydrogens is 178 g/mol. The van der Waals surface area contributed by atoms with Gasteiger partial charge in [0, 0.05) is 17.6 Å². The van der Waals surface area contributed by atoms with Crippen LogP contribution in [0.25, 0.3) is 5.69 Å². The highest BCUT2D eigenvalue weighted by atomic mass is 16.3. The first-order valence-electron chi connectivity index (χ1n) is 4.29. The maximum Gasteiger partial charge on any atom is 0.0996 e. The molecule has 0 aliphatic carbocycles. The highest BCUT2D eigenvalue weighted by Gasteiger charge is 1.98. The quantitative estimate of drug-likeness (QED) is 0.691. The summed E-state index contributed by atoms with van der Waals surface area (Å²) >= 11 is 0. The number of anilines is 1. The Labute approximate surface area is 81.6 Å². The van der Waals surface area contributed by atoms with Gasteiger partial charge in [-0.05, 0) is 24.3 Å². The van der Waals surface area contributed by atoms with Crippen molar-refractivity contribution >= 4 is 5.69 Å². The SMILES string of the molecule is Nc1ccc(-n2cnc(CO)c2)cc1. The van der Waals surface area contributed by atoms with Gasteiger partial charge < -0.3 is 15.4 Å². The number of benzene rings is 1. The van der Waals surface area contributed by atoms with E-state index in [1.807, 2.05) is 28.8 Å². The Morgan fingerprint density at radius 1 is 1.29 bits per heavy atom. The van der Waals surface area contributed by atoms with Crippen LogP contribution in [0.4, 0.5) is 5.69 Å². The summed E-state index contributed by atoms with van der Waals surface area (Å²) in [6.07, 6.45) is 3.45. The van der Waals surface area contributed by atoms with E-state index in [-0.39, 0.29) is 6.61 Å². The Kier molecular flexibility index (Phi) is 2.20. The van der Waals surface area contributed by atoms with Gasteiger partial charge in [-0.25, -0.2) is 4.98 Å². The van der Waals surface area contributed by atoms with Crippen LogP contribution in [0.15, 0.2) is 36.8 Å². The highest BCUT2D eigenvalue weighted by molar-refractivity contribution is 5.45. The molecular formula is C10H11N3O. The maximum absolute atomic E-state index is 8.85. The molecule has 0 radical (unpaired) electrons. The average Bonchev–Trinajstić information content (AvgIpc) is 2.67. The molecule has 1 aromatic carbocycles. The number of aliphatic hydroxyl groups excluding tert-OH is 1. The average molecular weight is 189 g/mol. The summed E-state index contributed by atoms with van der Waals surface area (Å²) in [5, 5.41) is 8.85. The standard InChI is InChI=1S/C10H11N3O/c11-8-1-3-10(4-2-8)13-5-9(6-14)12-7-13/h1-5,7,14H,6,11H2. The van der Waals surface area contributed by atoms with Crippen molar-refractivity contribution in [2.45, 2.75) is 6.61 Å². The molecule has 0 atom stereocenters. The van der Waals surface area contributed by atoms with Crippen LogP contribution in [0.5, 0.6) is 0 Å². The summed E-state index contributed by atoms with van der Waals surface area (Å²) < 4.78 is 1.84. The van der Waals surface area contributed by atoms with Crippen molar-refractivity contribution in [3.05, 3.63) is 42.5 Å². The molecule has 0 bridgehead atoms. The number of nitrogens with two attached hydrogens (primary N) is 1. The molecule has 72 valence electrons. The first-order valence-corrected chi connectivity index (χ1v) is 4.29. The van der Waals surface area contributed by atoms with E-state index < -0.39 is 0 Å². The van der Waals surface area contributed by atoms with Crippen molar-refractivity contribution in [2.75, 3.05) is 5.73 Å². The fourth-order valence-electron chi connectivity index (χ4n) is 1.23. The van der Waals surface area contributed by atoms with Gasteiger partial charge in [-0.2, -0.15) is 0 Å². The lowest BCUT2D eigenvalue weighted by molar-refractivity contribution is 0.277. The van der Waals surface area contributed by atoms with Gasteiger partial charge in [0.25, 0.3) is 0 Å². The largest absolute Gasteiger partial charge is 0.399 e. The third-order valence-electron chi connectivity index (χ3n) is 1.99. The number of rotatable bonds is 2. The predicted molar refractivity (Wildman–Crippen MR) is 53.9 cm³/mol. The molecule has 0 saturated heterocycles. The predicted octanol–water partition coefficient (Wildman–Crippen LogP) is 0.947. The van der Waals surface area contributed by atoms with Gasteiger partial charge in [-0.1, -0.05) is 0 Å². The summed E-state index contributed by atoms with van der Waals surface area (Å²) in [6.45, 7) is -0.0397. The topological polar surface area (TPSA) is 64.1 Å². The minimum atomic E-state index is -0.0397. The van der Waals surface area contributed by atoms with Crippen LogP contribution in [0, 0.1) is 0 Å². The number of hydrogen-bond donors (Lipinski definition) is 2. The third-order valence-corrected chi connectivity index (χ3v) is 1.99. The molecule has 0 spiro atoms. The monoisotopic (exact) mass is 189 g/mol. The molecule has 0 fully saturated rings. The Balaban J connectivity index is 2.34.